The maximum atomic E-state index is 12.4. The molecule has 0 aliphatic carbocycles. The van der Waals surface area contributed by atoms with Crippen molar-refractivity contribution in [2.45, 2.75) is 5.51 Å². The summed E-state index contributed by atoms with van der Waals surface area (Å²) in [6, 6.07) is 1.77. The normalized spacial score (nSPS) is 12.8. The van der Waals surface area contributed by atoms with Crippen molar-refractivity contribution in [2.24, 2.45) is 4.40 Å². The smallest absolute Gasteiger partial charge is 0.518 e. The molecule has 0 radical (unpaired) electrons. The van der Waals surface area contributed by atoms with Gasteiger partial charge < -0.3 is 29.5 Å². The van der Waals surface area contributed by atoms with E-state index in [-0.39, 0.29) is 30.5 Å². The van der Waals surface area contributed by atoms with Crippen molar-refractivity contribution in [3.63, 3.8) is 0 Å². The van der Waals surface area contributed by atoms with Gasteiger partial charge in [0.15, 0.2) is 11.5 Å². The lowest BCUT2D eigenvalue weighted by Gasteiger charge is -2.19. The Labute approximate surface area is 146 Å². The first-order chi connectivity index (χ1) is 12.1. The van der Waals surface area contributed by atoms with Crippen LogP contribution in [0.3, 0.4) is 0 Å². The molecule has 1 aromatic rings. The monoisotopic (exact) mass is 402 g/mol. The molecule has 0 aromatic heterocycles. The summed E-state index contributed by atoms with van der Waals surface area (Å²) in [7, 11) is -4.84. The summed E-state index contributed by atoms with van der Waals surface area (Å²) in [6.07, 6.45) is 0. The van der Waals surface area contributed by atoms with Crippen LogP contribution in [0.25, 0.3) is 0 Å². The summed E-state index contributed by atoms with van der Waals surface area (Å²) in [5.41, 5.74) is -6.33. The molecular formula is C13H15F3NO8S-. The first kappa shape index (κ1) is 21.8. The highest BCUT2D eigenvalue weighted by atomic mass is 32.2. The van der Waals surface area contributed by atoms with Crippen molar-refractivity contribution < 1.29 is 51.1 Å². The van der Waals surface area contributed by atoms with Crippen LogP contribution in [0.2, 0.25) is 0 Å². The number of nitrogens with zero attached hydrogens (tertiary/aromatic N) is 1. The van der Waals surface area contributed by atoms with Crippen LogP contribution in [-0.2, 0) is 10.0 Å². The van der Waals surface area contributed by atoms with Gasteiger partial charge in [0.1, 0.15) is 13.2 Å². The third-order valence-electron chi connectivity index (χ3n) is 2.67. The zero-order chi connectivity index (χ0) is 20.0. The van der Waals surface area contributed by atoms with Gasteiger partial charge in [0.05, 0.1) is 20.3 Å². The number of methoxy groups -OCH3 is 1. The Balaban J connectivity index is 3.46. The van der Waals surface area contributed by atoms with Gasteiger partial charge in [-0.3, -0.25) is 0 Å². The average Bonchev–Trinajstić information content (AvgIpc) is 2.55. The third kappa shape index (κ3) is 5.37. The van der Waals surface area contributed by atoms with Gasteiger partial charge in [-0.05, 0) is 17.7 Å². The van der Waals surface area contributed by atoms with E-state index in [2.05, 4.69) is 4.40 Å². The fraction of sp³-hybridized carbons (Fsp3) is 0.462. The molecule has 26 heavy (non-hydrogen) atoms. The first-order valence-corrected chi connectivity index (χ1v) is 8.29. The molecule has 0 bridgehead atoms. The second-order valence-electron chi connectivity index (χ2n) is 4.47. The standard InChI is InChI=1S/C13H16F3NO8S/c1-23-11-9(24-4-2-18)6-8(7-10(11)25-5-3-19)12(20)17-26(21,22)13(14,15)16/h6-7,18-19H,2-5H2,1H3,(H,17,20)/p-1. The van der Waals surface area contributed by atoms with Gasteiger partial charge in [0.25, 0.3) is 0 Å². The highest BCUT2D eigenvalue weighted by Crippen LogP contribution is 2.39. The molecule has 0 aliphatic rings. The summed E-state index contributed by atoms with van der Waals surface area (Å²) in [6.45, 7) is -1.38. The topological polar surface area (TPSA) is 138 Å². The van der Waals surface area contributed by atoms with Crippen molar-refractivity contribution in [3.05, 3.63) is 17.7 Å². The molecule has 0 saturated heterocycles. The van der Waals surface area contributed by atoms with Crippen LogP contribution in [0.5, 0.6) is 17.2 Å². The first-order valence-electron chi connectivity index (χ1n) is 6.85. The fourth-order valence-corrected chi connectivity index (χ4v) is 2.07. The van der Waals surface area contributed by atoms with E-state index in [0.29, 0.717) is 0 Å². The van der Waals surface area contributed by atoms with E-state index in [9.17, 15) is 26.7 Å². The molecule has 0 fully saturated rings. The number of rotatable bonds is 9. The van der Waals surface area contributed by atoms with E-state index >= 15 is 0 Å². The number of halogens is 3. The lowest BCUT2D eigenvalue weighted by atomic mass is 10.2. The van der Waals surface area contributed by atoms with Gasteiger partial charge in [0, 0.05) is 5.90 Å². The molecule has 1 rings (SSSR count). The van der Waals surface area contributed by atoms with Gasteiger partial charge in [-0.15, -0.1) is 0 Å². The Hall–Kier alpha value is -2.25. The molecule has 0 amide bonds. The molecule has 0 saturated carbocycles. The quantitative estimate of drug-likeness (QED) is 0.412. The summed E-state index contributed by atoms with van der Waals surface area (Å²) in [5.74, 6) is -2.21. The Kier molecular flexibility index (Phi) is 7.47. The van der Waals surface area contributed by atoms with Crippen LogP contribution in [-0.4, -0.2) is 63.6 Å². The number of aliphatic hydroxyl groups is 2. The second kappa shape index (κ2) is 8.91. The Morgan fingerprint density at radius 2 is 1.62 bits per heavy atom. The molecule has 2 N–H and O–H groups in total. The van der Waals surface area contributed by atoms with Gasteiger partial charge in [0.2, 0.25) is 5.75 Å². The van der Waals surface area contributed by atoms with Crippen LogP contribution in [0.1, 0.15) is 5.56 Å². The van der Waals surface area contributed by atoms with E-state index < -0.39 is 40.2 Å². The Bertz CT molecular complexity index is 719. The van der Waals surface area contributed by atoms with Crippen LogP contribution < -0.4 is 19.3 Å². The maximum Gasteiger partial charge on any atom is 0.518 e. The molecule has 0 spiro atoms. The van der Waals surface area contributed by atoms with Crippen molar-refractivity contribution in [1.82, 2.24) is 0 Å². The predicted molar refractivity (Wildman–Crippen MR) is 79.7 cm³/mol. The fourth-order valence-electron chi connectivity index (χ4n) is 1.64. The molecule has 148 valence electrons. The summed E-state index contributed by atoms with van der Waals surface area (Å²) >= 11 is 0. The van der Waals surface area contributed by atoms with E-state index in [0.717, 1.165) is 12.1 Å². The van der Waals surface area contributed by atoms with Gasteiger partial charge in [-0.25, -0.2) is 0 Å². The van der Waals surface area contributed by atoms with Gasteiger partial charge in [-0.2, -0.15) is 26.0 Å². The SMILES string of the molecule is COc1c(OCCO)cc(/C([O-])=N/S(=O)(=O)C(F)(F)F)cc1OCCO. The largest absolute Gasteiger partial charge is 0.858 e. The van der Waals surface area contributed by atoms with Crippen molar-refractivity contribution in [2.75, 3.05) is 33.5 Å². The molecular weight excluding hydrogens is 387 g/mol. The van der Waals surface area contributed by atoms with Crippen LogP contribution >= 0.6 is 0 Å². The second-order valence-corrected chi connectivity index (χ2v) is 6.06. The Morgan fingerprint density at radius 3 is 1.96 bits per heavy atom. The molecule has 9 nitrogen and oxygen atoms in total. The van der Waals surface area contributed by atoms with Gasteiger partial charge >= 0.3 is 15.5 Å². The van der Waals surface area contributed by atoms with E-state index in [4.69, 9.17) is 24.4 Å². The predicted octanol–water partition coefficient (Wildman–Crippen LogP) is -0.606. The number of alkyl halides is 3. The number of aliphatic hydroxyl groups excluding tert-OH is 2. The molecule has 1 aromatic carbocycles. The maximum absolute atomic E-state index is 12.4. The number of ether oxygens (including phenoxy) is 3. The minimum absolute atomic E-state index is 0.0814. The molecule has 0 heterocycles. The van der Waals surface area contributed by atoms with Gasteiger partial charge in [-0.1, -0.05) is 0 Å². The zero-order valence-electron chi connectivity index (χ0n) is 13.3. The molecule has 13 heteroatoms. The molecule has 0 atom stereocenters. The third-order valence-corrected chi connectivity index (χ3v) is 3.66. The summed E-state index contributed by atoms with van der Waals surface area (Å²) in [5, 5.41) is 29.5. The Morgan fingerprint density at radius 1 is 1.15 bits per heavy atom. The lowest BCUT2D eigenvalue weighted by Crippen LogP contribution is -2.27. The van der Waals surface area contributed by atoms with Crippen molar-refractivity contribution >= 4 is 15.9 Å². The minimum atomic E-state index is -6.04. The number of hydrogen-bond acceptors (Lipinski definition) is 8. The number of benzene rings is 1. The van der Waals surface area contributed by atoms with Crippen LogP contribution in [0.15, 0.2) is 16.5 Å². The van der Waals surface area contributed by atoms with Crippen LogP contribution in [0, 0.1) is 0 Å². The van der Waals surface area contributed by atoms with Crippen molar-refractivity contribution in [1.29, 1.82) is 0 Å². The van der Waals surface area contributed by atoms with Crippen molar-refractivity contribution in [3.8, 4) is 17.2 Å². The number of sulfonamides is 1. The molecule has 0 aliphatic heterocycles. The van der Waals surface area contributed by atoms with E-state index in [1.807, 2.05) is 0 Å². The van der Waals surface area contributed by atoms with E-state index in [1.165, 1.54) is 7.11 Å². The van der Waals surface area contributed by atoms with Crippen LogP contribution in [0.4, 0.5) is 13.2 Å². The summed E-state index contributed by atoms with van der Waals surface area (Å²) in [4.78, 5) is 0. The molecule has 0 unspecified atom stereocenters. The highest BCUT2D eigenvalue weighted by molar-refractivity contribution is 7.91. The lowest BCUT2D eigenvalue weighted by molar-refractivity contribution is -0.212. The summed E-state index contributed by atoms with van der Waals surface area (Å²) < 4.78 is 76.5. The highest BCUT2D eigenvalue weighted by Gasteiger charge is 2.45. The zero-order valence-corrected chi connectivity index (χ0v) is 14.1. The van der Waals surface area contributed by atoms with E-state index in [1.54, 1.807) is 0 Å². The minimum Gasteiger partial charge on any atom is -0.858 e. The average molecular weight is 402 g/mol. The number of hydrogen-bond donors (Lipinski definition) is 2.